The summed E-state index contributed by atoms with van der Waals surface area (Å²) in [5.74, 6) is 0.800. The lowest BCUT2D eigenvalue weighted by atomic mass is 10.1. The van der Waals surface area contributed by atoms with Crippen LogP contribution in [0.15, 0.2) is 28.5 Å². The zero-order valence-corrected chi connectivity index (χ0v) is 13.5. The number of anilines is 1. The van der Waals surface area contributed by atoms with Crippen molar-refractivity contribution in [2.75, 3.05) is 11.1 Å². The van der Waals surface area contributed by atoms with E-state index < -0.39 is 0 Å². The van der Waals surface area contributed by atoms with Crippen molar-refractivity contribution in [2.45, 2.75) is 32.1 Å². The van der Waals surface area contributed by atoms with Crippen LogP contribution in [0.1, 0.15) is 23.2 Å². The summed E-state index contributed by atoms with van der Waals surface area (Å²) >= 11 is 3.17. The summed E-state index contributed by atoms with van der Waals surface area (Å²) in [6, 6.07) is 6.40. The number of aryl methyl sites for hydroxylation is 3. The van der Waals surface area contributed by atoms with Crippen LogP contribution in [0.25, 0.3) is 0 Å². The van der Waals surface area contributed by atoms with Gasteiger partial charge in [0, 0.05) is 22.4 Å². The molecule has 0 spiro atoms. The Morgan fingerprint density at radius 3 is 2.75 bits per heavy atom. The molecule has 0 aliphatic rings. The molecule has 0 saturated heterocycles. The standard InChI is InChI=1S/C15H18N2OS2/c1-10-4-5-13(8-11(10)2)19-7-6-14(18)17-15-16-12(3)9-20-15/h4-5,8-9H,6-7H2,1-3H3,(H,16,17,18). The topological polar surface area (TPSA) is 42.0 Å². The molecule has 0 aliphatic carbocycles. The number of hydrogen-bond acceptors (Lipinski definition) is 4. The molecule has 1 N–H and O–H groups in total. The fraction of sp³-hybridized carbons (Fsp3) is 0.333. The summed E-state index contributed by atoms with van der Waals surface area (Å²) in [6.07, 6.45) is 0.496. The van der Waals surface area contributed by atoms with Gasteiger partial charge < -0.3 is 5.32 Å². The summed E-state index contributed by atoms with van der Waals surface area (Å²) < 4.78 is 0. The molecule has 1 aromatic heterocycles. The number of benzene rings is 1. The third-order valence-corrected chi connectivity index (χ3v) is 4.81. The molecule has 0 aliphatic heterocycles. The summed E-state index contributed by atoms with van der Waals surface area (Å²) in [5.41, 5.74) is 3.53. The maximum absolute atomic E-state index is 11.8. The smallest absolute Gasteiger partial charge is 0.226 e. The number of rotatable bonds is 5. The molecule has 0 atom stereocenters. The minimum absolute atomic E-state index is 0.0238. The number of carbonyl (C=O) groups excluding carboxylic acids is 1. The highest BCUT2D eigenvalue weighted by Gasteiger charge is 2.06. The predicted molar refractivity (Wildman–Crippen MR) is 86.7 cm³/mol. The van der Waals surface area contributed by atoms with Gasteiger partial charge >= 0.3 is 0 Å². The van der Waals surface area contributed by atoms with Gasteiger partial charge in [-0.25, -0.2) is 4.98 Å². The van der Waals surface area contributed by atoms with E-state index in [1.807, 2.05) is 12.3 Å². The second-order valence-electron chi connectivity index (χ2n) is 4.69. The number of nitrogens with one attached hydrogen (secondary N) is 1. The van der Waals surface area contributed by atoms with Crippen molar-refractivity contribution in [3.63, 3.8) is 0 Å². The van der Waals surface area contributed by atoms with Crippen LogP contribution >= 0.6 is 23.1 Å². The van der Waals surface area contributed by atoms with Gasteiger partial charge in [0.15, 0.2) is 5.13 Å². The van der Waals surface area contributed by atoms with Gasteiger partial charge in [0.25, 0.3) is 0 Å². The van der Waals surface area contributed by atoms with Crippen LogP contribution in [0.5, 0.6) is 0 Å². The quantitative estimate of drug-likeness (QED) is 0.842. The van der Waals surface area contributed by atoms with Crippen LogP contribution in [0.2, 0.25) is 0 Å². The van der Waals surface area contributed by atoms with Gasteiger partial charge in [-0.2, -0.15) is 0 Å². The molecule has 106 valence electrons. The van der Waals surface area contributed by atoms with Crippen molar-refractivity contribution in [1.82, 2.24) is 4.98 Å². The Bertz CT molecular complexity index is 608. The van der Waals surface area contributed by atoms with Gasteiger partial charge in [0.05, 0.1) is 5.69 Å². The largest absolute Gasteiger partial charge is 0.302 e. The van der Waals surface area contributed by atoms with E-state index in [-0.39, 0.29) is 5.91 Å². The maximum atomic E-state index is 11.8. The molecule has 2 rings (SSSR count). The summed E-state index contributed by atoms with van der Waals surface area (Å²) in [7, 11) is 0. The molecule has 1 heterocycles. The SMILES string of the molecule is Cc1csc(NC(=O)CCSc2ccc(C)c(C)c2)n1. The summed E-state index contributed by atoms with van der Waals surface area (Å²) in [4.78, 5) is 17.2. The molecule has 5 heteroatoms. The van der Waals surface area contributed by atoms with Crippen molar-refractivity contribution >= 4 is 34.1 Å². The summed E-state index contributed by atoms with van der Waals surface area (Å²) in [5, 5.41) is 5.44. The van der Waals surface area contributed by atoms with Crippen LogP contribution in [0.3, 0.4) is 0 Å². The van der Waals surface area contributed by atoms with E-state index in [9.17, 15) is 4.79 Å². The third-order valence-electron chi connectivity index (χ3n) is 2.94. The monoisotopic (exact) mass is 306 g/mol. The molecular weight excluding hydrogens is 288 g/mol. The van der Waals surface area contributed by atoms with Crippen LogP contribution < -0.4 is 5.32 Å². The van der Waals surface area contributed by atoms with Crippen LogP contribution in [-0.4, -0.2) is 16.6 Å². The number of amides is 1. The molecule has 3 nitrogen and oxygen atoms in total. The molecule has 1 amide bonds. The van der Waals surface area contributed by atoms with Crippen molar-refractivity contribution in [2.24, 2.45) is 0 Å². The molecule has 1 aromatic carbocycles. The van der Waals surface area contributed by atoms with Crippen LogP contribution in [0.4, 0.5) is 5.13 Å². The Kier molecular flexibility index (Phi) is 5.20. The van der Waals surface area contributed by atoms with Crippen molar-refractivity contribution in [3.05, 3.63) is 40.4 Å². The summed E-state index contributed by atoms with van der Waals surface area (Å²) in [6.45, 7) is 6.13. The molecule has 20 heavy (non-hydrogen) atoms. The fourth-order valence-corrected chi connectivity index (χ4v) is 3.31. The van der Waals surface area contributed by atoms with E-state index >= 15 is 0 Å². The first-order valence-corrected chi connectivity index (χ1v) is 8.33. The zero-order valence-electron chi connectivity index (χ0n) is 11.9. The highest BCUT2D eigenvalue weighted by molar-refractivity contribution is 7.99. The lowest BCUT2D eigenvalue weighted by Crippen LogP contribution is -2.11. The van der Waals surface area contributed by atoms with Crippen molar-refractivity contribution in [3.8, 4) is 0 Å². The second-order valence-corrected chi connectivity index (χ2v) is 6.71. The zero-order chi connectivity index (χ0) is 14.5. The fourth-order valence-electron chi connectivity index (χ4n) is 1.66. The number of thiazole rings is 1. The number of aromatic nitrogens is 1. The number of hydrogen-bond donors (Lipinski definition) is 1. The van der Waals surface area contributed by atoms with E-state index in [1.54, 1.807) is 11.8 Å². The first-order chi connectivity index (χ1) is 9.54. The average Bonchev–Trinajstić information content (AvgIpc) is 2.79. The Morgan fingerprint density at radius 2 is 2.10 bits per heavy atom. The Balaban J connectivity index is 1.77. The third kappa shape index (κ3) is 4.35. The minimum atomic E-state index is 0.0238. The minimum Gasteiger partial charge on any atom is -0.302 e. The highest BCUT2D eigenvalue weighted by atomic mass is 32.2. The van der Waals surface area contributed by atoms with Crippen LogP contribution in [0, 0.1) is 20.8 Å². The normalized spacial score (nSPS) is 10.6. The van der Waals surface area contributed by atoms with Gasteiger partial charge in [0.1, 0.15) is 0 Å². The van der Waals surface area contributed by atoms with Crippen molar-refractivity contribution in [1.29, 1.82) is 0 Å². The van der Waals surface area contributed by atoms with E-state index in [2.05, 4.69) is 42.3 Å². The van der Waals surface area contributed by atoms with Gasteiger partial charge in [0.2, 0.25) is 5.91 Å². The van der Waals surface area contributed by atoms with E-state index in [1.165, 1.54) is 27.4 Å². The number of carbonyl (C=O) groups is 1. The molecule has 0 radical (unpaired) electrons. The van der Waals surface area contributed by atoms with Gasteiger partial charge in [-0.15, -0.1) is 23.1 Å². The lowest BCUT2D eigenvalue weighted by Gasteiger charge is -2.05. The molecule has 0 bridgehead atoms. The Morgan fingerprint density at radius 1 is 1.30 bits per heavy atom. The molecule has 2 aromatic rings. The first-order valence-electron chi connectivity index (χ1n) is 6.46. The van der Waals surface area contributed by atoms with E-state index in [0.29, 0.717) is 11.6 Å². The highest BCUT2D eigenvalue weighted by Crippen LogP contribution is 2.22. The molecule has 0 saturated carbocycles. The Labute approximate surface area is 127 Å². The van der Waals surface area contributed by atoms with Gasteiger partial charge in [-0.05, 0) is 44.0 Å². The lowest BCUT2D eigenvalue weighted by molar-refractivity contribution is -0.115. The molecule has 0 fully saturated rings. The Hall–Kier alpha value is -1.33. The average molecular weight is 306 g/mol. The maximum Gasteiger partial charge on any atom is 0.226 e. The van der Waals surface area contributed by atoms with Gasteiger partial charge in [-0.3, -0.25) is 4.79 Å². The molecular formula is C15H18N2OS2. The van der Waals surface area contributed by atoms with E-state index in [4.69, 9.17) is 0 Å². The number of thioether (sulfide) groups is 1. The first kappa shape index (κ1) is 15.1. The second kappa shape index (κ2) is 6.90. The molecule has 0 unspecified atom stereocenters. The van der Waals surface area contributed by atoms with Crippen molar-refractivity contribution < 1.29 is 4.79 Å². The van der Waals surface area contributed by atoms with E-state index in [0.717, 1.165) is 11.4 Å². The van der Waals surface area contributed by atoms with Gasteiger partial charge in [-0.1, -0.05) is 6.07 Å². The van der Waals surface area contributed by atoms with Crippen LogP contribution in [-0.2, 0) is 4.79 Å². The predicted octanol–water partition coefficient (Wildman–Crippen LogP) is 4.19. The number of nitrogens with zero attached hydrogens (tertiary/aromatic N) is 1.